The first-order valence-corrected chi connectivity index (χ1v) is 11.4. The highest BCUT2D eigenvalue weighted by Crippen LogP contribution is 2.15. The Morgan fingerprint density at radius 1 is 0.467 bits per heavy atom. The van der Waals surface area contributed by atoms with Gasteiger partial charge < -0.3 is 21.3 Å². The Bertz CT molecular complexity index is 613. The second kappa shape index (κ2) is 13.8. The minimum atomic E-state index is 0.485. The molecule has 0 aliphatic rings. The van der Waals surface area contributed by atoms with E-state index in [-0.39, 0.29) is 0 Å². The van der Waals surface area contributed by atoms with Gasteiger partial charge in [0.2, 0.25) is 0 Å². The molecule has 2 rings (SSSR count). The van der Waals surface area contributed by atoms with Crippen LogP contribution < -0.4 is 21.3 Å². The van der Waals surface area contributed by atoms with E-state index in [1.54, 1.807) is 0 Å². The van der Waals surface area contributed by atoms with Crippen LogP contribution in [0.4, 0.5) is 22.7 Å². The molecule has 0 fully saturated rings. The van der Waals surface area contributed by atoms with Crippen LogP contribution in [0, 0.1) is 11.8 Å². The van der Waals surface area contributed by atoms with Crippen LogP contribution in [-0.2, 0) is 0 Å². The highest BCUT2D eigenvalue weighted by molar-refractivity contribution is 5.54. The molecule has 4 N–H and O–H groups in total. The van der Waals surface area contributed by atoms with E-state index in [9.17, 15) is 0 Å². The number of rotatable bonds is 10. The first-order valence-electron chi connectivity index (χ1n) is 11.4. The number of anilines is 4. The first-order chi connectivity index (χ1) is 14.2. The zero-order valence-electron chi connectivity index (χ0n) is 20.3. The molecule has 168 valence electrons. The highest BCUT2D eigenvalue weighted by Gasteiger charge is 1.98. The van der Waals surface area contributed by atoms with Gasteiger partial charge in [0.05, 0.1) is 0 Å². The first kappa shape index (κ1) is 25.7. The van der Waals surface area contributed by atoms with Gasteiger partial charge in [-0.3, -0.25) is 0 Å². The third-order valence-electron chi connectivity index (χ3n) is 4.11. The SMILES string of the molecule is CC(C)CNc1ccc(NCC(C)C)cc1.CC(C)Nc1ccc(NC(C)C)cc1. The molecular weight excluding hydrogens is 368 g/mol. The average molecular weight is 413 g/mol. The van der Waals surface area contributed by atoms with Crippen LogP contribution in [0.1, 0.15) is 55.4 Å². The minimum Gasteiger partial charge on any atom is -0.385 e. The van der Waals surface area contributed by atoms with Crippen molar-refractivity contribution in [2.45, 2.75) is 67.5 Å². The largest absolute Gasteiger partial charge is 0.385 e. The maximum absolute atomic E-state index is 3.41. The molecule has 0 aliphatic heterocycles. The third-order valence-corrected chi connectivity index (χ3v) is 4.11. The second-order valence-electron chi connectivity index (χ2n) is 9.30. The van der Waals surface area contributed by atoms with Gasteiger partial charge in [-0.05, 0) is 88.1 Å². The summed E-state index contributed by atoms with van der Waals surface area (Å²) in [6.07, 6.45) is 0. The van der Waals surface area contributed by atoms with Crippen molar-refractivity contribution in [3.05, 3.63) is 48.5 Å². The maximum atomic E-state index is 3.41. The Balaban J connectivity index is 0.000000303. The molecule has 0 aromatic heterocycles. The van der Waals surface area contributed by atoms with Crippen LogP contribution in [0.25, 0.3) is 0 Å². The zero-order chi connectivity index (χ0) is 22.5. The van der Waals surface area contributed by atoms with E-state index in [0.717, 1.165) is 13.1 Å². The predicted molar refractivity (Wildman–Crippen MR) is 137 cm³/mol. The summed E-state index contributed by atoms with van der Waals surface area (Å²) in [5.74, 6) is 1.36. The molecule has 0 spiro atoms. The molecule has 0 saturated heterocycles. The molecule has 30 heavy (non-hydrogen) atoms. The highest BCUT2D eigenvalue weighted by atomic mass is 14.9. The van der Waals surface area contributed by atoms with E-state index in [0.29, 0.717) is 23.9 Å². The molecule has 0 amide bonds. The monoisotopic (exact) mass is 412 g/mol. The Labute approximate surface area is 185 Å². The lowest BCUT2D eigenvalue weighted by atomic mass is 10.2. The van der Waals surface area contributed by atoms with Crippen molar-refractivity contribution >= 4 is 22.7 Å². The summed E-state index contributed by atoms with van der Waals surface area (Å²) in [5.41, 5.74) is 4.75. The van der Waals surface area contributed by atoms with Crippen LogP contribution in [0.2, 0.25) is 0 Å². The summed E-state index contributed by atoms with van der Waals surface area (Å²) in [6, 6.07) is 17.9. The van der Waals surface area contributed by atoms with Gasteiger partial charge in [0.15, 0.2) is 0 Å². The summed E-state index contributed by atoms with van der Waals surface area (Å²) < 4.78 is 0. The minimum absolute atomic E-state index is 0.485. The molecule has 2 aromatic carbocycles. The van der Waals surface area contributed by atoms with E-state index in [1.165, 1.54) is 22.7 Å². The normalized spacial score (nSPS) is 10.8. The van der Waals surface area contributed by atoms with Crippen LogP contribution in [-0.4, -0.2) is 25.2 Å². The summed E-state index contributed by atoms with van der Waals surface area (Å²) in [4.78, 5) is 0. The second-order valence-corrected chi connectivity index (χ2v) is 9.30. The van der Waals surface area contributed by atoms with Crippen molar-refractivity contribution in [1.29, 1.82) is 0 Å². The van der Waals surface area contributed by atoms with E-state index >= 15 is 0 Å². The summed E-state index contributed by atoms with van der Waals surface area (Å²) >= 11 is 0. The van der Waals surface area contributed by atoms with Crippen LogP contribution in [0.5, 0.6) is 0 Å². The van der Waals surface area contributed by atoms with Crippen molar-refractivity contribution in [3.8, 4) is 0 Å². The quantitative estimate of drug-likeness (QED) is 0.335. The Morgan fingerprint density at radius 3 is 0.967 bits per heavy atom. The zero-order valence-corrected chi connectivity index (χ0v) is 20.3. The molecule has 2 aromatic rings. The fraction of sp³-hybridized carbons (Fsp3) is 0.538. The van der Waals surface area contributed by atoms with Crippen molar-refractivity contribution in [2.24, 2.45) is 11.8 Å². The number of hydrogen-bond donors (Lipinski definition) is 4. The van der Waals surface area contributed by atoms with Gasteiger partial charge in [0.1, 0.15) is 0 Å². The van der Waals surface area contributed by atoms with Gasteiger partial charge in [0, 0.05) is 47.9 Å². The fourth-order valence-corrected chi connectivity index (χ4v) is 2.68. The van der Waals surface area contributed by atoms with Crippen LogP contribution in [0.15, 0.2) is 48.5 Å². The molecular formula is C26H44N4. The van der Waals surface area contributed by atoms with Crippen LogP contribution >= 0.6 is 0 Å². The van der Waals surface area contributed by atoms with Crippen molar-refractivity contribution in [3.63, 3.8) is 0 Å². The average Bonchev–Trinajstić information content (AvgIpc) is 2.67. The van der Waals surface area contributed by atoms with Gasteiger partial charge in [-0.2, -0.15) is 0 Å². The molecule has 0 radical (unpaired) electrons. The molecule has 4 heteroatoms. The lowest BCUT2D eigenvalue weighted by Crippen LogP contribution is -2.11. The van der Waals surface area contributed by atoms with E-state index in [4.69, 9.17) is 0 Å². The third kappa shape index (κ3) is 12.3. The van der Waals surface area contributed by atoms with Gasteiger partial charge >= 0.3 is 0 Å². The predicted octanol–water partition coefficient (Wildman–Crippen LogP) is 7.15. The smallest absolute Gasteiger partial charge is 0.0343 e. The van der Waals surface area contributed by atoms with E-state index < -0.39 is 0 Å². The molecule has 0 unspecified atom stereocenters. The Kier molecular flexibility index (Phi) is 11.8. The summed E-state index contributed by atoms with van der Waals surface area (Å²) in [7, 11) is 0. The molecule has 0 heterocycles. The molecule has 0 atom stereocenters. The van der Waals surface area contributed by atoms with Gasteiger partial charge in [0.25, 0.3) is 0 Å². The molecule has 0 aliphatic carbocycles. The summed E-state index contributed by atoms with van der Waals surface area (Å²) in [5, 5.41) is 13.5. The standard InChI is InChI=1S/C14H24N2.C12H20N2/c1-11(2)9-15-13-5-7-14(8-6-13)16-10-12(3)4;1-9(2)13-11-5-7-12(8-6-11)14-10(3)4/h5-8,11-12,15-16H,9-10H2,1-4H3;5-10,13-14H,1-4H3. The molecule has 0 bridgehead atoms. The number of nitrogens with one attached hydrogen (secondary N) is 4. The Morgan fingerprint density at radius 2 is 0.733 bits per heavy atom. The van der Waals surface area contributed by atoms with E-state index in [2.05, 4.69) is 125 Å². The topological polar surface area (TPSA) is 48.1 Å². The lowest BCUT2D eigenvalue weighted by Gasteiger charge is -2.12. The Hall–Kier alpha value is -2.36. The van der Waals surface area contributed by atoms with Gasteiger partial charge in [-0.15, -0.1) is 0 Å². The molecule has 0 saturated carbocycles. The van der Waals surface area contributed by atoms with Crippen LogP contribution in [0.3, 0.4) is 0 Å². The van der Waals surface area contributed by atoms with E-state index in [1.807, 2.05) is 0 Å². The number of benzene rings is 2. The van der Waals surface area contributed by atoms with Gasteiger partial charge in [-0.25, -0.2) is 0 Å². The fourth-order valence-electron chi connectivity index (χ4n) is 2.68. The molecule has 4 nitrogen and oxygen atoms in total. The number of hydrogen-bond acceptors (Lipinski definition) is 4. The maximum Gasteiger partial charge on any atom is 0.0343 e. The van der Waals surface area contributed by atoms with Crippen molar-refractivity contribution in [1.82, 2.24) is 0 Å². The summed E-state index contributed by atoms with van der Waals surface area (Å²) in [6.45, 7) is 19.5. The van der Waals surface area contributed by atoms with Gasteiger partial charge in [-0.1, -0.05) is 27.7 Å². The lowest BCUT2D eigenvalue weighted by molar-refractivity contribution is 0.688. The van der Waals surface area contributed by atoms with Crippen molar-refractivity contribution in [2.75, 3.05) is 34.4 Å². The van der Waals surface area contributed by atoms with Crippen molar-refractivity contribution < 1.29 is 0 Å².